The standard InChI is InChI=1S/C15H24N2O/c1-12(11-17-9-7-14(18)8-10-17)15(16)13-5-3-2-4-6-13/h2-6,12,14-15,18H,7-11,16H2,1H3/t12-,15+/m0/s1. The summed E-state index contributed by atoms with van der Waals surface area (Å²) in [4.78, 5) is 2.42. The molecule has 1 aliphatic rings. The van der Waals surface area contributed by atoms with E-state index in [1.807, 2.05) is 18.2 Å². The van der Waals surface area contributed by atoms with Gasteiger partial charge < -0.3 is 15.7 Å². The van der Waals surface area contributed by atoms with Gasteiger partial charge in [-0.3, -0.25) is 0 Å². The van der Waals surface area contributed by atoms with E-state index in [9.17, 15) is 5.11 Å². The summed E-state index contributed by atoms with van der Waals surface area (Å²) in [5.41, 5.74) is 7.52. The fourth-order valence-electron chi connectivity index (χ4n) is 2.63. The molecular formula is C15H24N2O. The molecule has 0 aliphatic carbocycles. The Morgan fingerprint density at radius 3 is 2.50 bits per heavy atom. The van der Waals surface area contributed by atoms with Crippen molar-refractivity contribution in [3.63, 3.8) is 0 Å². The van der Waals surface area contributed by atoms with Crippen molar-refractivity contribution >= 4 is 0 Å². The Balaban J connectivity index is 1.86. The average molecular weight is 248 g/mol. The Morgan fingerprint density at radius 2 is 1.89 bits per heavy atom. The third kappa shape index (κ3) is 3.55. The molecule has 100 valence electrons. The number of nitrogens with zero attached hydrogens (tertiary/aromatic N) is 1. The molecule has 2 rings (SSSR count). The third-order valence-corrected chi connectivity index (χ3v) is 3.90. The topological polar surface area (TPSA) is 49.5 Å². The monoisotopic (exact) mass is 248 g/mol. The molecule has 1 fully saturated rings. The van der Waals surface area contributed by atoms with Crippen molar-refractivity contribution in [3.8, 4) is 0 Å². The molecule has 18 heavy (non-hydrogen) atoms. The van der Waals surface area contributed by atoms with E-state index < -0.39 is 0 Å². The van der Waals surface area contributed by atoms with Crippen LogP contribution in [-0.4, -0.2) is 35.7 Å². The van der Waals surface area contributed by atoms with Crippen LogP contribution < -0.4 is 5.73 Å². The zero-order chi connectivity index (χ0) is 13.0. The lowest BCUT2D eigenvalue weighted by atomic mass is 9.94. The maximum atomic E-state index is 9.50. The van der Waals surface area contributed by atoms with Crippen molar-refractivity contribution in [1.29, 1.82) is 0 Å². The van der Waals surface area contributed by atoms with E-state index in [-0.39, 0.29) is 12.1 Å². The third-order valence-electron chi connectivity index (χ3n) is 3.90. The van der Waals surface area contributed by atoms with E-state index in [0.29, 0.717) is 5.92 Å². The van der Waals surface area contributed by atoms with Gasteiger partial charge in [0.2, 0.25) is 0 Å². The first kappa shape index (κ1) is 13.5. The molecule has 0 saturated carbocycles. The Hall–Kier alpha value is -0.900. The highest BCUT2D eigenvalue weighted by Crippen LogP contribution is 2.21. The van der Waals surface area contributed by atoms with Gasteiger partial charge in [0.1, 0.15) is 0 Å². The second-order valence-corrected chi connectivity index (χ2v) is 5.45. The van der Waals surface area contributed by atoms with Crippen molar-refractivity contribution in [2.24, 2.45) is 11.7 Å². The molecule has 2 atom stereocenters. The van der Waals surface area contributed by atoms with Gasteiger partial charge in [-0.2, -0.15) is 0 Å². The summed E-state index contributed by atoms with van der Waals surface area (Å²) in [5, 5.41) is 9.50. The Bertz CT molecular complexity index is 347. The number of nitrogens with two attached hydrogens (primary N) is 1. The number of benzene rings is 1. The number of aliphatic hydroxyl groups excluding tert-OH is 1. The second-order valence-electron chi connectivity index (χ2n) is 5.45. The van der Waals surface area contributed by atoms with Gasteiger partial charge in [-0.1, -0.05) is 37.3 Å². The molecule has 0 amide bonds. The minimum atomic E-state index is -0.0978. The van der Waals surface area contributed by atoms with Crippen LogP contribution in [0.1, 0.15) is 31.4 Å². The smallest absolute Gasteiger partial charge is 0.0564 e. The fourth-order valence-corrected chi connectivity index (χ4v) is 2.63. The number of hydrogen-bond donors (Lipinski definition) is 2. The molecule has 1 aromatic carbocycles. The van der Waals surface area contributed by atoms with Crippen LogP contribution in [0.3, 0.4) is 0 Å². The van der Waals surface area contributed by atoms with E-state index in [2.05, 4.69) is 24.0 Å². The molecule has 3 heteroatoms. The summed E-state index contributed by atoms with van der Waals surface area (Å²) in [6.45, 7) is 5.21. The molecule has 3 nitrogen and oxygen atoms in total. The normalized spacial score (nSPS) is 21.7. The van der Waals surface area contributed by atoms with Crippen LogP contribution in [0, 0.1) is 5.92 Å². The Labute approximate surface area is 110 Å². The zero-order valence-electron chi connectivity index (χ0n) is 11.1. The highest BCUT2D eigenvalue weighted by atomic mass is 16.3. The fraction of sp³-hybridized carbons (Fsp3) is 0.600. The minimum absolute atomic E-state index is 0.0954. The van der Waals surface area contributed by atoms with Crippen LogP contribution in [0.25, 0.3) is 0 Å². The van der Waals surface area contributed by atoms with Gasteiger partial charge in [-0.05, 0) is 24.3 Å². The minimum Gasteiger partial charge on any atom is -0.393 e. The van der Waals surface area contributed by atoms with Gasteiger partial charge in [-0.15, -0.1) is 0 Å². The number of rotatable bonds is 4. The van der Waals surface area contributed by atoms with Gasteiger partial charge in [-0.25, -0.2) is 0 Å². The summed E-state index contributed by atoms with van der Waals surface area (Å²) in [7, 11) is 0. The average Bonchev–Trinajstić information content (AvgIpc) is 2.41. The highest BCUT2D eigenvalue weighted by Gasteiger charge is 2.21. The van der Waals surface area contributed by atoms with Gasteiger partial charge in [0.25, 0.3) is 0 Å². The van der Waals surface area contributed by atoms with Crippen molar-refractivity contribution < 1.29 is 5.11 Å². The van der Waals surface area contributed by atoms with E-state index in [1.54, 1.807) is 0 Å². The largest absolute Gasteiger partial charge is 0.393 e. The maximum absolute atomic E-state index is 9.50. The molecule has 0 aromatic heterocycles. The van der Waals surface area contributed by atoms with E-state index in [1.165, 1.54) is 5.56 Å². The molecule has 0 unspecified atom stereocenters. The van der Waals surface area contributed by atoms with E-state index in [4.69, 9.17) is 5.73 Å². The first-order valence-corrected chi connectivity index (χ1v) is 6.88. The number of likely N-dealkylation sites (tertiary alicyclic amines) is 1. The van der Waals surface area contributed by atoms with Gasteiger partial charge >= 0.3 is 0 Å². The van der Waals surface area contributed by atoms with Crippen LogP contribution in [0.15, 0.2) is 30.3 Å². The van der Waals surface area contributed by atoms with Crippen LogP contribution in [-0.2, 0) is 0 Å². The van der Waals surface area contributed by atoms with Crippen molar-refractivity contribution in [2.45, 2.75) is 31.9 Å². The van der Waals surface area contributed by atoms with Gasteiger partial charge in [0, 0.05) is 25.7 Å². The Morgan fingerprint density at radius 1 is 1.28 bits per heavy atom. The zero-order valence-corrected chi connectivity index (χ0v) is 11.1. The Kier molecular flexibility index (Phi) is 4.75. The van der Waals surface area contributed by atoms with E-state index in [0.717, 1.165) is 32.5 Å². The maximum Gasteiger partial charge on any atom is 0.0564 e. The van der Waals surface area contributed by atoms with E-state index >= 15 is 0 Å². The first-order chi connectivity index (χ1) is 8.66. The second kappa shape index (κ2) is 6.32. The molecule has 0 spiro atoms. The number of piperidine rings is 1. The van der Waals surface area contributed by atoms with Crippen LogP contribution >= 0.6 is 0 Å². The summed E-state index contributed by atoms with van der Waals surface area (Å²) >= 11 is 0. The lowest BCUT2D eigenvalue weighted by Gasteiger charge is -2.33. The summed E-state index contributed by atoms with van der Waals surface area (Å²) in [6, 6.07) is 10.4. The summed E-state index contributed by atoms with van der Waals surface area (Å²) in [6.07, 6.45) is 1.69. The van der Waals surface area contributed by atoms with Crippen molar-refractivity contribution in [3.05, 3.63) is 35.9 Å². The summed E-state index contributed by atoms with van der Waals surface area (Å²) < 4.78 is 0. The van der Waals surface area contributed by atoms with Crippen LogP contribution in [0.4, 0.5) is 0 Å². The van der Waals surface area contributed by atoms with Crippen molar-refractivity contribution in [1.82, 2.24) is 4.90 Å². The quantitative estimate of drug-likeness (QED) is 0.854. The lowest BCUT2D eigenvalue weighted by Crippen LogP contribution is -2.40. The van der Waals surface area contributed by atoms with Crippen molar-refractivity contribution in [2.75, 3.05) is 19.6 Å². The van der Waals surface area contributed by atoms with Gasteiger partial charge in [0.15, 0.2) is 0 Å². The molecule has 1 saturated heterocycles. The molecule has 0 radical (unpaired) electrons. The van der Waals surface area contributed by atoms with Crippen LogP contribution in [0.2, 0.25) is 0 Å². The summed E-state index contributed by atoms with van der Waals surface area (Å²) in [5.74, 6) is 0.433. The lowest BCUT2D eigenvalue weighted by molar-refractivity contribution is 0.0739. The highest BCUT2D eigenvalue weighted by molar-refractivity contribution is 5.19. The predicted molar refractivity (Wildman–Crippen MR) is 74.2 cm³/mol. The number of aliphatic hydroxyl groups is 1. The SMILES string of the molecule is C[C@@H](CN1CCC(O)CC1)[C@@H](N)c1ccccc1. The predicted octanol–water partition coefficient (Wildman–Crippen LogP) is 1.78. The number of hydrogen-bond acceptors (Lipinski definition) is 3. The first-order valence-electron chi connectivity index (χ1n) is 6.88. The van der Waals surface area contributed by atoms with Gasteiger partial charge in [0.05, 0.1) is 6.10 Å². The molecule has 1 heterocycles. The molecular weight excluding hydrogens is 224 g/mol. The molecule has 0 bridgehead atoms. The van der Waals surface area contributed by atoms with Crippen LogP contribution in [0.5, 0.6) is 0 Å². The molecule has 1 aromatic rings. The molecule has 1 aliphatic heterocycles. The molecule has 3 N–H and O–H groups in total.